The molecule has 0 aromatic carbocycles. The van der Waals surface area contributed by atoms with Crippen molar-refractivity contribution in [3.05, 3.63) is 40.3 Å². The van der Waals surface area contributed by atoms with Gasteiger partial charge in [0.25, 0.3) is 11.5 Å². The summed E-state index contributed by atoms with van der Waals surface area (Å²) in [7, 11) is 1.55. The number of rotatable bonds is 4. The Morgan fingerprint density at radius 2 is 2.33 bits per heavy atom. The lowest BCUT2D eigenvalue weighted by molar-refractivity contribution is 0.0998. The minimum atomic E-state index is -0.751. The molecule has 2 aromatic heterocycles. The molecule has 0 radical (unpaired) electrons. The van der Waals surface area contributed by atoms with Crippen LogP contribution in [0, 0.1) is 0 Å². The molecule has 0 saturated carbocycles. The molecule has 0 fully saturated rings. The van der Waals surface area contributed by atoms with Crippen LogP contribution in [0.25, 0.3) is 11.0 Å². The number of pyridine rings is 2. The Labute approximate surface area is 103 Å². The highest BCUT2D eigenvalue weighted by molar-refractivity contribution is 5.95. The molecular formula is C12H13N3O3. The summed E-state index contributed by atoms with van der Waals surface area (Å²) in [6, 6.07) is 4.92. The molecular weight excluding hydrogens is 234 g/mol. The molecule has 1 amide bonds. The number of ether oxygens (including phenoxy) is 1. The van der Waals surface area contributed by atoms with Gasteiger partial charge in [0, 0.05) is 19.9 Å². The van der Waals surface area contributed by atoms with Gasteiger partial charge in [0.2, 0.25) is 0 Å². The number of amides is 1. The van der Waals surface area contributed by atoms with Gasteiger partial charge in [-0.25, -0.2) is 0 Å². The van der Waals surface area contributed by atoms with E-state index in [0.29, 0.717) is 24.2 Å². The first kappa shape index (κ1) is 12.3. The number of carbonyl (C=O) groups excluding carboxylic acids is 1. The van der Waals surface area contributed by atoms with Crippen LogP contribution < -0.4 is 11.3 Å². The Morgan fingerprint density at radius 3 is 3.00 bits per heavy atom. The monoisotopic (exact) mass is 247 g/mol. The second kappa shape index (κ2) is 4.97. The minimum absolute atomic E-state index is 0.0581. The molecule has 2 aromatic rings. The lowest BCUT2D eigenvalue weighted by Crippen LogP contribution is -2.30. The van der Waals surface area contributed by atoms with Crippen molar-refractivity contribution in [1.82, 2.24) is 9.55 Å². The second-order valence-corrected chi connectivity index (χ2v) is 3.78. The van der Waals surface area contributed by atoms with Crippen LogP contribution in [0.2, 0.25) is 0 Å². The summed E-state index contributed by atoms with van der Waals surface area (Å²) < 4.78 is 6.40. The van der Waals surface area contributed by atoms with Crippen molar-refractivity contribution in [3.63, 3.8) is 0 Å². The van der Waals surface area contributed by atoms with E-state index in [1.165, 1.54) is 10.6 Å². The molecule has 2 rings (SSSR count). The number of fused-ring (bicyclic) bond motifs is 1. The number of methoxy groups -OCH3 is 1. The summed E-state index contributed by atoms with van der Waals surface area (Å²) in [5.41, 5.74) is 5.93. The summed E-state index contributed by atoms with van der Waals surface area (Å²) in [5.74, 6) is -0.751. The van der Waals surface area contributed by atoms with Crippen LogP contribution in [0.3, 0.4) is 0 Å². The standard InChI is InChI=1S/C12H13N3O3/c1-18-6-5-15-10-3-2-4-14-9(10)7-8(11(13)16)12(15)17/h2-4,7H,5-6H2,1H3,(H2,13,16). The number of hydrogen-bond acceptors (Lipinski definition) is 4. The van der Waals surface area contributed by atoms with E-state index in [2.05, 4.69) is 4.98 Å². The summed E-state index contributed by atoms with van der Waals surface area (Å²) in [4.78, 5) is 27.5. The molecule has 0 atom stereocenters. The molecule has 2 N–H and O–H groups in total. The predicted octanol–water partition coefficient (Wildman–Crippen LogP) is 0.142. The fraction of sp³-hybridized carbons (Fsp3) is 0.250. The number of aromatic nitrogens is 2. The third-order valence-corrected chi connectivity index (χ3v) is 2.65. The number of hydrogen-bond donors (Lipinski definition) is 1. The summed E-state index contributed by atoms with van der Waals surface area (Å²) in [5, 5.41) is 0. The smallest absolute Gasteiger partial charge is 0.264 e. The van der Waals surface area contributed by atoms with Crippen molar-refractivity contribution < 1.29 is 9.53 Å². The van der Waals surface area contributed by atoms with Gasteiger partial charge in [0.1, 0.15) is 5.56 Å². The van der Waals surface area contributed by atoms with Crippen LogP contribution in [-0.2, 0) is 11.3 Å². The van der Waals surface area contributed by atoms with Crippen molar-refractivity contribution in [2.24, 2.45) is 5.73 Å². The first-order chi connectivity index (χ1) is 8.65. The molecule has 0 unspecified atom stereocenters. The van der Waals surface area contributed by atoms with Crippen molar-refractivity contribution in [1.29, 1.82) is 0 Å². The van der Waals surface area contributed by atoms with Crippen molar-refractivity contribution in [2.75, 3.05) is 13.7 Å². The zero-order valence-corrected chi connectivity index (χ0v) is 9.92. The topological polar surface area (TPSA) is 87.2 Å². The number of primary amides is 1. The van der Waals surface area contributed by atoms with Crippen LogP contribution in [0.5, 0.6) is 0 Å². The lowest BCUT2D eigenvalue weighted by Gasteiger charge is -2.10. The van der Waals surface area contributed by atoms with E-state index < -0.39 is 11.5 Å². The Hall–Kier alpha value is -2.21. The molecule has 6 nitrogen and oxygen atoms in total. The molecule has 18 heavy (non-hydrogen) atoms. The highest BCUT2D eigenvalue weighted by atomic mass is 16.5. The van der Waals surface area contributed by atoms with E-state index in [4.69, 9.17) is 10.5 Å². The van der Waals surface area contributed by atoms with Gasteiger partial charge in [0.05, 0.1) is 17.6 Å². The van der Waals surface area contributed by atoms with Gasteiger partial charge in [-0.05, 0) is 18.2 Å². The van der Waals surface area contributed by atoms with E-state index in [1.807, 2.05) is 0 Å². The van der Waals surface area contributed by atoms with Crippen LogP contribution in [0.15, 0.2) is 29.2 Å². The maximum atomic E-state index is 12.1. The zero-order chi connectivity index (χ0) is 13.1. The van der Waals surface area contributed by atoms with Gasteiger partial charge < -0.3 is 15.0 Å². The van der Waals surface area contributed by atoms with Crippen LogP contribution in [0.4, 0.5) is 0 Å². The zero-order valence-electron chi connectivity index (χ0n) is 9.92. The van der Waals surface area contributed by atoms with Gasteiger partial charge in [-0.1, -0.05) is 0 Å². The maximum absolute atomic E-state index is 12.1. The highest BCUT2D eigenvalue weighted by Gasteiger charge is 2.13. The fourth-order valence-electron chi connectivity index (χ4n) is 1.78. The third kappa shape index (κ3) is 2.10. The first-order valence-electron chi connectivity index (χ1n) is 5.42. The molecule has 0 aliphatic heterocycles. The van der Waals surface area contributed by atoms with E-state index in [-0.39, 0.29) is 5.56 Å². The summed E-state index contributed by atoms with van der Waals surface area (Å²) >= 11 is 0. The normalized spacial score (nSPS) is 10.7. The van der Waals surface area contributed by atoms with E-state index in [0.717, 1.165) is 0 Å². The molecule has 0 spiro atoms. The lowest BCUT2D eigenvalue weighted by atomic mass is 10.2. The molecule has 0 saturated heterocycles. The Kier molecular flexibility index (Phi) is 3.38. The fourth-order valence-corrected chi connectivity index (χ4v) is 1.78. The third-order valence-electron chi connectivity index (χ3n) is 2.65. The van der Waals surface area contributed by atoms with Crippen molar-refractivity contribution in [2.45, 2.75) is 6.54 Å². The van der Waals surface area contributed by atoms with Gasteiger partial charge in [-0.3, -0.25) is 14.6 Å². The average molecular weight is 247 g/mol. The van der Waals surface area contributed by atoms with E-state index in [9.17, 15) is 9.59 Å². The van der Waals surface area contributed by atoms with Gasteiger partial charge in [0.15, 0.2) is 0 Å². The number of carbonyl (C=O) groups is 1. The van der Waals surface area contributed by atoms with Gasteiger partial charge in [-0.2, -0.15) is 0 Å². The molecule has 6 heteroatoms. The van der Waals surface area contributed by atoms with E-state index in [1.54, 1.807) is 25.4 Å². The first-order valence-corrected chi connectivity index (χ1v) is 5.42. The maximum Gasteiger partial charge on any atom is 0.264 e. The Morgan fingerprint density at radius 1 is 1.56 bits per heavy atom. The number of nitrogens with zero attached hydrogens (tertiary/aromatic N) is 2. The van der Waals surface area contributed by atoms with E-state index >= 15 is 0 Å². The van der Waals surface area contributed by atoms with Crippen LogP contribution in [0.1, 0.15) is 10.4 Å². The SMILES string of the molecule is COCCn1c(=O)c(C(N)=O)cc2ncccc21. The second-order valence-electron chi connectivity index (χ2n) is 3.78. The quantitative estimate of drug-likeness (QED) is 0.832. The Bertz CT molecular complexity index is 649. The average Bonchev–Trinajstić information content (AvgIpc) is 2.37. The summed E-state index contributed by atoms with van der Waals surface area (Å²) in [6.07, 6.45) is 1.60. The molecule has 2 heterocycles. The van der Waals surface area contributed by atoms with Crippen LogP contribution in [-0.4, -0.2) is 29.2 Å². The van der Waals surface area contributed by atoms with Gasteiger partial charge >= 0.3 is 0 Å². The predicted molar refractivity (Wildman–Crippen MR) is 66.4 cm³/mol. The Balaban J connectivity index is 2.73. The highest BCUT2D eigenvalue weighted by Crippen LogP contribution is 2.10. The van der Waals surface area contributed by atoms with Crippen LogP contribution >= 0.6 is 0 Å². The largest absolute Gasteiger partial charge is 0.383 e. The molecule has 94 valence electrons. The minimum Gasteiger partial charge on any atom is -0.383 e. The van der Waals surface area contributed by atoms with Gasteiger partial charge in [-0.15, -0.1) is 0 Å². The van der Waals surface area contributed by atoms with Crippen molar-refractivity contribution >= 4 is 16.9 Å². The molecule has 0 aliphatic rings. The van der Waals surface area contributed by atoms with Crippen molar-refractivity contribution in [3.8, 4) is 0 Å². The molecule has 0 bridgehead atoms. The number of nitrogens with two attached hydrogens (primary N) is 1. The molecule has 0 aliphatic carbocycles. The summed E-state index contributed by atoms with van der Waals surface area (Å²) in [6.45, 7) is 0.713.